The van der Waals surface area contributed by atoms with Gasteiger partial charge in [-0.2, -0.15) is 0 Å². The van der Waals surface area contributed by atoms with Crippen LogP contribution < -0.4 is 11.1 Å². The number of nitrogens with one attached hydrogen (secondary N) is 1. The van der Waals surface area contributed by atoms with Crippen molar-refractivity contribution in [1.82, 2.24) is 9.80 Å². The first-order chi connectivity index (χ1) is 18.1. The van der Waals surface area contributed by atoms with Gasteiger partial charge in [-0.1, -0.05) is 72.8 Å². The Morgan fingerprint density at radius 3 is 2.03 bits per heavy atom. The van der Waals surface area contributed by atoms with E-state index in [9.17, 15) is 4.79 Å². The van der Waals surface area contributed by atoms with E-state index in [0.717, 1.165) is 50.1 Å². The van der Waals surface area contributed by atoms with Crippen molar-refractivity contribution in [2.75, 3.05) is 17.7 Å². The largest absolute Gasteiger partial charge is 0.448 e. The van der Waals surface area contributed by atoms with Crippen LogP contribution in [0.25, 0.3) is 0 Å². The molecule has 3 aromatic rings. The summed E-state index contributed by atoms with van der Waals surface area (Å²) >= 11 is 0. The number of nitrogens with two attached hydrogens (primary N) is 1. The number of fused-ring (bicyclic) bond motifs is 2. The van der Waals surface area contributed by atoms with E-state index in [-0.39, 0.29) is 24.2 Å². The summed E-state index contributed by atoms with van der Waals surface area (Å²) in [5.74, 6) is 0. The molecule has 37 heavy (non-hydrogen) atoms. The van der Waals surface area contributed by atoms with Crippen molar-refractivity contribution in [3.8, 4) is 0 Å². The fraction of sp³-hybridized carbons (Fsp3) is 0.387. The highest BCUT2D eigenvalue weighted by molar-refractivity contribution is 5.70. The molecule has 3 unspecified atom stereocenters. The molecule has 2 saturated heterocycles. The Bertz CT molecular complexity index is 1100. The smallest absolute Gasteiger partial charge is 0.410 e. The van der Waals surface area contributed by atoms with Crippen molar-refractivity contribution in [2.24, 2.45) is 0 Å². The van der Waals surface area contributed by atoms with Gasteiger partial charge in [0.25, 0.3) is 0 Å². The summed E-state index contributed by atoms with van der Waals surface area (Å²) < 4.78 is 5.96. The third-order valence-corrected chi connectivity index (χ3v) is 7.79. The molecular formula is C31H38N4O2. The highest BCUT2D eigenvalue weighted by atomic mass is 16.6. The summed E-state index contributed by atoms with van der Waals surface area (Å²) in [5.41, 5.74) is 10.4. The van der Waals surface area contributed by atoms with Gasteiger partial charge < -0.3 is 20.7 Å². The molecule has 2 aliphatic rings. The van der Waals surface area contributed by atoms with Gasteiger partial charge in [0.15, 0.2) is 0 Å². The molecule has 3 N–H and O–H groups in total. The Morgan fingerprint density at radius 1 is 0.919 bits per heavy atom. The molecule has 1 amide bonds. The number of ether oxygens (including phenoxy) is 1. The highest BCUT2D eigenvalue weighted by Gasteiger charge is 2.44. The maximum atomic E-state index is 13.3. The minimum atomic E-state index is -0.170. The lowest BCUT2D eigenvalue weighted by Crippen LogP contribution is -2.50. The van der Waals surface area contributed by atoms with Gasteiger partial charge in [0.1, 0.15) is 6.61 Å². The summed E-state index contributed by atoms with van der Waals surface area (Å²) in [6.07, 6.45) is 3.74. The second-order valence-electron chi connectivity index (χ2n) is 10.5. The normalized spacial score (nSPS) is 21.6. The van der Waals surface area contributed by atoms with Crippen LogP contribution >= 0.6 is 0 Å². The molecule has 6 nitrogen and oxygen atoms in total. The van der Waals surface area contributed by atoms with Crippen LogP contribution in [0.4, 0.5) is 16.2 Å². The van der Waals surface area contributed by atoms with Crippen molar-refractivity contribution >= 4 is 17.5 Å². The minimum Gasteiger partial charge on any atom is -0.448 e. The summed E-state index contributed by atoms with van der Waals surface area (Å²) in [6, 6.07) is 29.7. The maximum absolute atomic E-state index is 13.3. The summed E-state index contributed by atoms with van der Waals surface area (Å²) in [5, 5.41) is 3.61. The Hall–Kier alpha value is -3.51. The van der Waals surface area contributed by atoms with Crippen molar-refractivity contribution in [1.29, 1.82) is 0 Å². The van der Waals surface area contributed by atoms with E-state index >= 15 is 0 Å². The van der Waals surface area contributed by atoms with Gasteiger partial charge in [0.05, 0.1) is 11.4 Å². The van der Waals surface area contributed by atoms with Crippen LogP contribution in [0.2, 0.25) is 0 Å². The summed E-state index contributed by atoms with van der Waals surface area (Å²) in [6.45, 7) is 4.13. The van der Waals surface area contributed by atoms with Crippen LogP contribution in [-0.4, -0.2) is 46.7 Å². The fourth-order valence-electron chi connectivity index (χ4n) is 5.82. The second kappa shape index (κ2) is 11.7. The average molecular weight is 499 g/mol. The molecule has 0 radical (unpaired) electrons. The third kappa shape index (κ3) is 6.25. The van der Waals surface area contributed by atoms with E-state index < -0.39 is 0 Å². The van der Waals surface area contributed by atoms with Crippen molar-refractivity contribution in [3.63, 3.8) is 0 Å². The predicted octanol–water partition coefficient (Wildman–Crippen LogP) is 5.90. The van der Waals surface area contributed by atoms with Crippen LogP contribution in [0.15, 0.2) is 84.9 Å². The van der Waals surface area contributed by atoms with Gasteiger partial charge in [-0.15, -0.1) is 0 Å². The molecule has 0 spiro atoms. The zero-order chi connectivity index (χ0) is 25.6. The lowest BCUT2D eigenvalue weighted by molar-refractivity contribution is 0.0429. The zero-order valence-corrected chi connectivity index (χ0v) is 21.6. The molecule has 2 bridgehead atoms. The maximum Gasteiger partial charge on any atom is 0.410 e. The van der Waals surface area contributed by atoms with Crippen LogP contribution in [-0.2, 0) is 17.8 Å². The first-order valence-corrected chi connectivity index (χ1v) is 13.4. The molecular weight excluding hydrogens is 460 g/mol. The Balaban J connectivity index is 1.18. The third-order valence-electron chi connectivity index (χ3n) is 7.79. The van der Waals surface area contributed by atoms with Gasteiger partial charge >= 0.3 is 6.09 Å². The Labute approximate surface area is 220 Å². The number of nitrogen functional groups attached to an aromatic ring is 1. The molecule has 0 saturated carbocycles. The molecule has 2 aliphatic heterocycles. The number of rotatable bonds is 9. The predicted molar refractivity (Wildman–Crippen MR) is 149 cm³/mol. The Kier molecular flexibility index (Phi) is 7.95. The average Bonchev–Trinajstić information content (AvgIpc) is 3.19. The van der Waals surface area contributed by atoms with Crippen LogP contribution in [0.5, 0.6) is 0 Å². The van der Waals surface area contributed by atoms with Crippen LogP contribution in [0.3, 0.4) is 0 Å². The van der Waals surface area contributed by atoms with Gasteiger partial charge in [-0.3, -0.25) is 4.90 Å². The number of hydrogen-bond acceptors (Lipinski definition) is 5. The SMILES string of the molecule is CC(COC(=O)N1C2CCC1CC(Nc1ccccc1N)C2)N(Cc1ccccc1)Cc1ccccc1. The van der Waals surface area contributed by atoms with E-state index in [2.05, 4.69) is 65.7 Å². The number of nitrogens with zero attached hydrogens (tertiary/aromatic N) is 2. The van der Waals surface area contributed by atoms with Crippen molar-refractivity contribution in [2.45, 2.75) is 69.9 Å². The van der Waals surface area contributed by atoms with E-state index in [4.69, 9.17) is 10.5 Å². The summed E-state index contributed by atoms with van der Waals surface area (Å²) in [4.78, 5) is 17.7. The lowest BCUT2D eigenvalue weighted by atomic mass is 9.97. The molecule has 2 heterocycles. The highest BCUT2D eigenvalue weighted by Crippen LogP contribution is 2.37. The molecule has 6 heteroatoms. The van der Waals surface area contributed by atoms with Crippen LogP contribution in [0, 0.1) is 0 Å². The van der Waals surface area contributed by atoms with Gasteiger partial charge in [-0.05, 0) is 55.9 Å². The topological polar surface area (TPSA) is 70.8 Å². The molecule has 0 aromatic heterocycles. The van der Waals surface area contributed by atoms with E-state index in [0.29, 0.717) is 12.6 Å². The zero-order valence-electron chi connectivity index (χ0n) is 21.6. The number of carbonyl (C=O) groups is 1. The number of benzene rings is 3. The van der Waals surface area contributed by atoms with E-state index in [1.54, 1.807) is 0 Å². The number of piperidine rings is 1. The fourth-order valence-corrected chi connectivity index (χ4v) is 5.82. The minimum absolute atomic E-state index is 0.0854. The molecule has 194 valence electrons. The quantitative estimate of drug-likeness (QED) is 0.359. The molecule has 3 aromatic carbocycles. The second-order valence-corrected chi connectivity index (χ2v) is 10.5. The van der Waals surface area contributed by atoms with Crippen LogP contribution in [0.1, 0.15) is 43.7 Å². The number of carbonyl (C=O) groups excluding carboxylic acids is 1. The molecule has 5 rings (SSSR count). The first-order valence-electron chi connectivity index (χ1n) is 13.4. The monoisotopic (exact) mass is 498 g/mol. The van der Waals surface area contributed by atoms with Gasteiger partial charge in [0.2, 0.25) is 0 Å². The van der Waals surface area contributed by atoms with E-state index in [1.807, 2.05) is 41.3 Å². The number of amides is 1. The number of hydrogen-bond donors (Lipinski definition) is 2. The standard InChI is InChI=1S/C31H38N4O2/c1-23(34(20-24-10-4-2-5-11-24)21-25-12-6-3-7-13-25)22-37-31(36)35-27-16-17-28(35)19-26(18-27)33-30-15-9-8-14-29(30)32/h2-15,23,26-28,33H,16-22,32H2,1H3. The molecule has 3 atom stereocenters. The van der Waals surface area contributed by atoms with Crippen molar-refractivity contribution in [3.05, 3.63) is 96.1 Å². The molecule has 0 aliphatic carbocycles. The number of para-hydroxylation sites is 2. The first kappa shape index (κ1) is 25.2. The van der Waals surface area contributed by atoms with Gasteiger partial charge in [0, 0.05) is 37.3 Å². The van der Waals surface area contributed by atoms with Gasteiger partial charge in [-0.25, -0.2) is 4.79 Å². The lowest BCUT2D eigenvalue weighted by Gasteiger charge is -2.39. The number of anilines is 2. The molecule has 2 fully saturated rings. The van der Waals surface area contributed by atoms with E-state index in [1.165, 1.54) is 11.1 Å². The van der Waals surface area contributed by atoms with Crippen molar-refractivity contribution < 1.29 is 9.53 Å². The Morgan fingerprint density at radius 2 is 1.46 bits per heavy atom. The summed E-state index contributed by atoms with van der Waals surface area (Å²) in [7, 11) is 0.